The molecule has 76 valence electrons. The van der Waals surface area contributed by atoms with Gasteiger partial charge in [-0.1, -0.05) is 0 Å². The van der Waals surface area contributed by atoms with Crippen LogP contribution in [0.4, 0.5) is 4.79 Å². The van der Waals surface area contributed by atoms with Crippen molar-refractivity contribution >= 4 is 6.09 Å². The maximum atomic E-state index is 10.4. The maximum absolute atomic E-state index is 10.4. The molecule has 0 aliphatic carbocycles. The van der Waals surface area contributed by atoms with Crippen LogP contribution in [0.2, 0.25) is 0 Å². The van der Waals surface area contributed by atoms with Crippen LogP contribution in [-0.4, -0.2) is 17.7 Å². The Morgan fingerprint density at radius 2 is 2.43 bits per heavy atom. The van der Waals surface area contributed by atoms with Gasteiger partial charge in [0.2, 0.25) is 5.88 Å². The third-order valence-electron chi connectivity index (χ3n) is 1.50. The van der Waals surface area contributed by atoms with E-state index in [4.69, 9.17) is 10.5 Å². The lowest BCUT2D eigenvalue weighted by Gasteiger charge is -2.07. The Morgan fingerprint density at radius 3 is 3.07 bits per heavy atom. The second-order valence-electron chi connectivity index (χ2n) is 2.51. The zero-order chi connectivity index (χ0) is 10.4. The standard InChI is InChI=1S/C9H12N2O3/c1-2-13-8-7(4-3-5-11-8)6-14-9(10)12/h3-5H,2,6H2,1H3,(H2,10,12). The molecule has 2 N–H and O–H groups in total. The van der Waals surface area contributed by atoms with E-state index in [1.54, 1.807) is 18.3 Å². The van der Waals surface area contributed by atoms with E-state index >= 15 is 0 Å². The molecule has 5 nitrogen and oxygen atoms in total. The fourth-order valence-electron chi connectivity index (χ4n) is 0.950. The lowest BCUT2D eigenvalue weighted by molar-refractivity contribution is 0.148. The SMILES string of the molecule is CCOc1ncccc1COC(N)=O. The molecule has 1 rings (SSSR count). The highest BCUT2D eigenvalue weighted by Gasteiger charge is 2.05. The Balaban J connectivity index is 2.68. The van der Waals surface area contributed by atoms with Gasteiger partial charge in [-0.05, 0) is 19.1 Å². The predicted molar refractivity (Wildman–Crippen MR) is 49.8 cm³/mol. The number of carbonyl (C=O) groups is 1. The molecule has 0 spiro atoms. The summed E-state index contributed by atoms with van der Waals surface area (Å²) in [7, 11) is 0. The average molecular weight is 196 g/mol. The summed E-state index contributed by atoms with van der Waals surface area (Å²) < 4.78 is 9.86. The van der Waals surface area contributed by atoms with E-state index in [9.17, 15) is 4.79 Å². The van der Waals surface area contributed by atoms with Crippen molar-refractivity contribution in [1.29, 1.82) is 0 Å². The average Bonchev–Trinajstić information content (AvgIpc) is 2.17. The molecule has 0 unspecified atom stereocenters. The largest absolute Gasteiger partial charge is 0.478 e. The van der Waals surface area contributed by atoms with E-state index in [2.05, 4.69) is 9.72 Å². The van der Waals surface area contributed by atoms with Crippen LogP contribution in [0.25, 0.3) is 0 Å². The van der Waals surface area contributed by atoms with Crippen molar-refractivity contribution in [2.75, 3.05) is 6.61 Å². The van der Waals surface area contributed by atoms with Crippen molar-refractivity contribution in [3.63, 3.8) is 0 Å². The predicted octanol–water partition coefficient (Wildman–Crippen LogP) is 1.08. The quantitative estimate of drug-likeness (QED) is 0.781. The topological polar surface area (TPSA) is 74.4 Å². The highest BCUT2D eigenvalue weighted by atomic mass is 16.5. The molecule has 0 radical (unpaired) electrons. The van der Waals surface area contributed by atoms with Gasteiger partial charge in [0.1, 0.15) is 6.61 Å². The van der Waals surface area contributed by atoms with E-state index in [1.165, 1.54) is 0 Å². The summed E-state index contributed by atoms with van der Waals surface area (Å²) in [6.45, 7) is 2.45. The minimum absolute atomic E-state index is 0.0819. The number of pyridine rings is 1. The van der Waals surface area contributed by atoms with Crippen molar-refractivity contribution in [1.82, 2.24) is 4.98 Å². The summed E-state index contributed by atoms with van der Waals surface area (Å²) in [5.41, 5.74) is 5.54. The van der Waals surface area contributed by atoms with Gasteiger partial charge in [-0.15, -0.1) is 0 Å². The second-order valence-corrected chi connectivity index (χ2v) is 2.51. The third kappa shape index (κ3) is 2.93. The van der Waals surface area contributed by atoms with E-state index < -0.39 is 6.09 Å². The molecule has 1 aromatic rings. The number of nitrogens with zero attached hydrogens (tertiary/aromatic N) is 1. The Labute approximate surface area is 81.8 Å². The van der Waals surface area contributed by atoms with Gasteiger partial charge in [0.05, 0.1) is 12.2 Å². The van der Waals surface area contributed by atoms with Crippen molar-refractivity contribution in [3.8, 4) is 5.88 Å². The van der Waals surface area contributed by atoms with Crippen LogP contribution >= 0.6 is 0 Å². The van der Waals surface area contributed by atoms with Gasteiger partial charge < -0.3 is 15.2 Å². The lowest BCUT2D eigenvalue weighted by atomic mass is 10.3. The molecule has 0 aliphatic rings. The normalized spacial score (nSPS) is 9.50. The Bertz CT molecular complexity index is 315. The van der Waals surface area contributed by atoms with Crippen LogP contribution in [0.15, 0.2) is 18.3 Å². The van der Waals surface area contributed by atoms with Gasteiger partial charge in [0, 0.05) is 6.20 Å². The molecule has 0 bridgehead atoms. The zero-order valence-corrected chi connectivity index (χ0v) is 7.90. The molecule has 1 aromatic heterocycles. The molecule has 1 amide bonds. The number of aromatic nitrogens is 1. The fourth-order valence-corrected chi connectivity index (χ4v) is 0.950. The first-order valence-electron chi connectivity index (χ1n) is 4.23. The number of hydrogen-bond acceptors (Lipinski definition) is 4. The molecular weight excluding hydrogens is 184 g/mol. The summed E-state index contributed by atoms with van der Waals surface area (Å²) in [4.78, 5) is 14.4. The number of nitrogens with two attached hydrogens (primary N) is 1. The summed E-state index contributed by atoms with van der Waals surface area (Å²) in [6.07, 6.45) is 0.801. The smallest absolute Gasteiger partial charge is 0.404 e. The minimum atomic E-state index is -0.809. The number of rotatable bonds is 4. The Hall–Kier alpha value is -1.78. The first kappa shape index (κ1) is 10.3. The van der Waals surface area contributed by atoms with E-state index in [0.29, 0.717) is 18.1 Å². The number of carbonyl (C=O) groups excluding carboxylic acids is 1. The van der Waals surface area contributed by atoms with Gasteiger partial charge in [0.15, 0.2) is 0 Å². The van der Waals surface area contributed by atoms with Gasteiger partial charge in [0.25, 0.3) is 0 Å². The lowest BCUT2D eigenvalue weighted by Crippen LogP contribution is -2.13. The van der Waals surface area contributed by atoms with Crippen LogP contribution < -0.4 is 10.5 Å². The van der Waals surface area contributed by atoms with Crippen molar-refractivity contribution in [3.05, 3.63) is 23.9 Å². The molecule has 14 heavy (non-hydrogen) atoms. The molecule has 0 fully saturated rings. The van der Waals surface area contributed by atoms with Crippen LogP contribution in [0.1, 0.15) is 12.5 Å². The second kappa shape index (κ2) is 5.06. The van der Waals surface area contributed by atoms with E-state index in [-0.39, 0.29) is 6.61 Å². The number of ether oxygens (including phenoxy) is 2. The molecule has 0 atom stereocenters. The molecular formula is C9H12N2O3. The van der Waals surface area contributed by atoms with Crippen LogP contribution in [0.3, 0.4) is 0 Å². The number of primary amides is 1. The van der Waals surface area contributed by atoms with Gasteiger partial charge in [-0.25, -0.2) is 9.78 Å². The summed E-state index contributed by atoms with van der Waals surface area (Å²) in [6, 6.07) is 3.50. The molecule has 0 aromatic carbocycles. The summed E-state index contributed by atoms with van der Waals surface area (Å²) in [5.74, 6) is 0.469. The minimum Gasteiger partial charge on any atom is -0.478 e. The molecule has 1 heterocycles. The van der Waals surface area contributed by atoms with Gasteiger partial charge in [-0.2, -0.15) is 0 Å². The zero-order valence-electron chi connectivity index (χ0n) is 7.90. The van der Waals surface area contributed by atoms with Gasteiger partial charge >= 0.3 is 6.09 Å². The van der Waals surface area contributed by atoms with Crippen LogP contribution in [0, 0.1) is 0 Å². The molecule has 5 heteroatoms. The summed E-state index contributed by atoms with van der Waals surface area (Å²) >= 11 is 0. The third-order valence-corrected chi connectivity index (χ3v) is 1.50. The molecule has 0 aliphatic heterocycles. The Morgan fingerprint density at radius 1 is 1.64 bits per heavy atom. The fraction of sp³-hybridized carbons (Fsp3) is 0.333. The number of amides is 1. The summed E-state index contributed by atoms with van der Waals surface area (Å²) in [5, 5.41) is 0. The van der Waals surface area contributed by atoms with Crippen molar-refractivity contribution in [2.45, 2.75) is 13.5 Å². The van der Waals surface area contributed by atoms with Crippen LogP contribution in [0.5, 0.6) is 5.88 Å². The van der Waals surface area contributed by atoms with Gasteiger partial charge in [-0.3, -0.25) is 0 Å². The highest BCUT2D eigenvalue weighted by Crippen LogP contribution is 2.14. The van der Waals surface area contributed by atoms with E-state index in [0.717, 1.165) is 0 Å². The first-order chi connectivity index (χ1) is 6.74. The highest BCUT2D eigenvalue weighted by molar-refractivity contribution is 5.64. The first-order valence-corrected chi connectivity index (χ1v) is 4.23. The Kier molecular flexibility index (Phi) is 3.72. The molecule has 0 saturated carbocycles. The maximum Gasteiger partial charge on any atom is 0.404 e. The van der Waals surface area contributed by atoms with E-state index in [1.807, 2.05) is 6.92 Å². The van der Waals surface area contributed by atoms with Crippen LogP contribution in [-0.2, 0) is 11.3 Å². The molecule has 0 saturated heterocycles. The van der Waals surface area contributed by atoms with Crippen molar-refractivity contribution < 1.29 is 14.3 Å². The monoisotopic (exact) mass is 196 g/mol. The van der Waals surface area contributed by atoms with Crippen molar-refractivity contribution in [2.24, 2.45) is 5.73 Å². The number of hydrogen-bond donors (Lipinski definition) is 1.